The Morgan fingerprint density at radius 3 is 2.55 bits per heavy atom. The molecular weight excluding hydrogens is 277 g/mol. The maximum Gasteiger partial charge on any atom is 0.406 e. The largest absolute Gasteiger partial charge is 0.480 e. The van der Waals surface area contributed by atoms with E-state index >= 15 is 0 Å². The molecule has 1 heterocycles. The van der Waals surface area contributed by atoms with Crippen LogP contribution < -0.4 is 0 Å². The molecule has 1 saturated carbocycles. The van der Waals surface area contributed by atoms with E-state index in [1.54, 1.807) is 16.8 Å². The van der Waals surface area contributed by atoms with Gasteiger partial charge in [0.1, 0.15) is 18.8 Å². The number of hydrogen-bond donors (Lipinski definition) is 1. The van der Waals surface area contributed by atoms with E-state index in [2.05, 4.69) is 0 Å². The minimum absolute atomic E-state index is 0.0954. The number of carboxylic acid groups (broad SMARTS) is 1. The van der Waals surface area contributed by atoms with Crippen molar-refractivity contribution in [3.63, 3.8) is 0 Å². The van der Waals surface area contributed by atoms with Gasteiger partial charge in [-0.15, -0.1) is 0 Å². The van der Waals surface area contributed by atoms with Crippen molar-refractivity contribution in [3.05, 3.63) is 24.0 Å². The average molecular weight is 290 g/mol. The van der Waals surface area contributed by atoms with Crippen LogP contribution in [0.4, 0.5) is 13.2 Å². The molecule has 1 aliphatic carbocycles. The highest BCUT2D eigenvalue weighted by molar-refractivity contribution is 5.94. The minimum Gasteiger partial charge on any atom is -0.480 e. The predicted molar refractivity (Wildman–Crippen MR) is 62.3 cm³/mol. The van der Waals surface area contributed by atoms with Crippen molar-refractivity contribution in [3.8, 4) is 0 Å². The number of amides is 1. The van der Waals surface area contributed by atoms with Crippen LogP contribution in [0.1, 0.15) is 29.4 Å². The molecule has 1 amide bonds. The first-order valence-electron chi connectivity index (χ1n) is 6.02. The maximum atomic E-state index is 12.4. The lowest BCUT2D eigenvalue weighted by atomic mass is 10.3. The molecule has 0 aliphatic heterocycles. The van der Waals surface area contributed by atoms with Gasteiger partial charge in [0.05, 0.1) is 0 Å². The molecule has 5 nitrogen and oxygen atoms in total. The highest BCUT2D eigenvalue weighted by atomic mass is 19.4. The Morgan fingerprint density at radius 2 is 2.05 bits per heavy atom. The number of carbonyl (C=O) groups excluding carboxylic acids is 1. The minimum atomic E-state index is -4.64. The molecule has 0 aromatic carbocycles. The monoisotopic (exact) mass is 290 g/mol. The number of carboxylic acids is 1. The summed E-state index contributed by atoms with van der Waals surface area (Å²) >= 11 is 0. The lowest BCUT2D eigenvalue weighted by Crippen LogP contribution is -2.42. The van der Waals surface area contributed by atoms with Crippen molar-refractivity contribution in [1.82, 2.24) is 9.47 Å². The second kappa shape index (κ2) is 5.18. The molecule has 0 unspecified atom stereocenters. The van der Waals surface area contributed by atoms with E-state index in [9.17, 15) is 22.8 Å². The van der Waals surface area contributed by atoms with Gasteiger partial charge in [-0.05, 0) is 25.0 Å². The van der Waals surface area contributed by atoms with Gasteiger partial charge < -0.3 is 14.6 Å². The second-order valence-electron chi connectivity index (χ2n) is 4.70. The van der Waals surface area contributed by atoms with E-state index < -0.39 is 31.1 Å². The van der Waals surface area contributed by atoms with Crippen molar-refractivity contribution in [2.24, 2.45) is 0 Å². The van der Waals surface area contributed by atoms with Gasteiger partial charge in [0.2, 0.25) is 0 Å². The lowest BCUT2D eigenvalue weighted by Gasteiger charge is -2.22. The quantitative estimate of drug-likeness (QED) is 0.901. The van der Waals surface area contributed by atoms with Gasteiger partial charge in [0.25, 0.3) is 5.91 Å². The van der Waals surface area contributed by atoms with Crippen molar-refractivity contribution in [2.75, 3.05) is 13.1 Å². The van der Waals surface area contributed by atoms with Gasteiger partial charge in [-0.3, -0.25) is 9.59 Å². The average Bonchev–Trinajstić information content (AvgIpc) is 3.03. The van der Waals surface area contributed by atoms with Crippen LogP contribution in [-0.2, 0) is 4.79 Å². The Bertz CT molecular complexity index is 520. The summed E-state index contributed by atoms with van der Waals surface area (Å²) in [6.45, 7) is -2.55. The number of aromatic nitrogens is 1. The maximum absolute atomic E-state index is 12.4. The van der Waals surface area contributed by atoms with E-state index in [-0.39, 0.29) is 11.7 Å². The standard InChI is InChI=1S/C12H13F3N2O3/c13-12(14,15)7-16(6-10(18)19)11(20)9-2-1-5-17(9)8-3-4-8/h1-2,5,8H,3-4,6-7H2,(H,18,19). The number of hydrogen-bond acceptors (Lipinski definition) is 2. The van der Waals surface area contributed by atoms with Gasteiger partial charge >= 0.3 is 12.1 Å². The first-order valence-corrected chi connectivity index (χ1v) is 6.02. The van der Waals surface area contributed by atoms with Crippen molar-refractivity contribution in [1.29, 1.82) is 0 Å². The molecule has 110 valence electrons. The zero-order chi connectivity index (χ0) is 14.9. The van der Waals surface area contributed by atoms with Crippen LogP contribution in [0.3, 0.4) is 0 Å². The molecule has 8 heteroatoms. The smallest absolute Gasteiger partial charge is 0.406 e. The predicted octanol–water partition coefficient (Wildman–Crippen LogP) is 1.91. The molecule has 1 aromatic heterocycles. The van der Waals surface area contributed by atoms with Crippen LogP contribution in [-0.4, -0.2) is 45.7 Å². The number of alkyl halides is 3. The van der Waals surface area contributed by atoms with Crippen LogP contribution in [0, 0.1) is 0 Å². The molecule has 0 bridgehead atoms. The Kier molecular flexibility index (Phi) is 3.74. The van der Waals surface area contributed by atoms with E-state index in [0.717, 1.165) is 12.8 Å². The fourth-order valence-electron chi connectivity index (χ4n) is 1.99. The number of rotatable bonds is 5. The molecule has 1 N–H and O–H groups in total. The molecular formula is C12H13F3N2O3. The third-order valence-electron chi connectivity index (χ3n) is 2.92. The molecule has 0 spiro atoms. The molecule has 1 aromatic rings. The van der Waals surface area contributed by atoms with Crippen LogP contribution in [0.2, 0.25) is 0 Å². The van der Waals surface area contributed by atoms with Gasteiger partial charge in [-0.2, -0.15) is 13.2 Å². The van der Waals surface area contributed by atoms with Crippen LogP contribution in [0.25, 0.3) is 0 Å². The third kappa shape index (κ3) is 3.52. The number of aliphatic carboxylic acids is 1. The fourth-order valence-corrected chi connectivity index (χ4v) is 1.99. The number of nitrogens with zero attached hydrogens (tertiary/aromatic N) is 2. The normalized spacial score (nSPS) is 15.2. The fraction of sp³-hybridized carbons (Fsp3) is 0.500. The summed E-state index contributed by atoms with van der Waals surface area (Å²) in [5.41, 5.74) is 0.0954. The molecule has 2 rings (SSSR count). The van der Waals surface area contributed by atoms with Crippen molar-refractivity contribution >= 4 is 11.9 Å². The molecule has 1 aliphatic rings. The summed E-state index contributed by atoms with van der Waals surface area (Å²) < 4.78 is 38.9. The zero-order valence-corrected chi connectivity index (χ0v) is 10.4. The molecule has 0 atom stereocenters. The SMILES string of the molecule is O=C(O)CN(CC(F)(F)F)C(=O)c1cccn1C1CC1. The number of carbonyl (C=O) groups is 2. The Labute approximate surface area is 112 Å². The summed E-state index contributed by atoms with van der Waals surface area (Å²) in [6, 6.07) is 3.10. The Balaban J connectivity index is 2.20. The summed E-state index contributed by atoms with van der Waals surface area (Å²) in [7, 11) is 0. The van der Waals surface area contributed by atoms with Gasteiger partial charge in [0, 0.05) is 12.2 Å². The van der Waals surface area contributed by atoms with Crippen LogP contribution >= 0.6 is 0 Å². The zero-order valence-electron chi connectivity index (χ0n) is 10.4. The summed E-state index contributed by atoms with van der Waals surface area (Å²) in [5.74, 6) is -2.39. The van der Waals surface area contributed by atoms with Crippen LogP contribution in [0.5, 0.6) is 0 Å². The summed E-state index contributed by atoms with van der Waals surface area (Å²) in [6.07, 6.45) is -1.28. The highest BCUT2D eigenvalue weighted by Crippen LogP contribution is 2.36. The third-order valence-corrected chi connectivity index (χ3v) is 2.92. The van der Waals surface area contributed by atoms with E-state index in [1.807, 2.05) is 0 Å². The van der Waals surface area contributed by atoms with Gasteiger partial charge in [-0.1, -0.05) is 0 Å². The highest BCUT2D eigenvalue weighted by Gasteiger charge is 2.36. The Hall–Kier alpha value is -1.99. The lowest BCUT2D eigenvalue weighted by molar-refractivity contribution is -0.149. The summed E-state index contributed by atoms with van der Waals surface area (Å²) in [5, 5.41) is 8.65. The van der Waals surface area contributed by atoms with Gasteiger partial charge in [-0.25, -0.2) is 0 Å². The summed E-state index contributed by atoms with van der Waals surface area (Å²) in [4.78, 5) is 23.0. The van der Waals surface area contributed by atoms with Crippen molar-refractivity contribution < 1.29 is 27.9 Å². The van der Waals surface area contributed by atoms with Crippen molar-refractivity contribution in [2.45, 2.75) is 25.1 Å². The first-order chi connectivity index (χ1) is 9.28. The van der Waals surface area contributed by atoms with Crippen LogP contribution in [0.15, 0.2) is 18.3 Å². The Morgan fingerprint density at radius 1 is 1.40 bits per heavy atom. The molecule has 0 saturated heterocycles. The second-order valence-corrected chi connectivity index (χ2v) is 4.70. The first kappa shape index (κ1) is 14.4. The molecule has 0 radical (unpaired) electrons. The molecule has 20 heavy (non-hydrogen) atoms. The van der Waals surface area contributed by atoms with E-state index in [0.29, 0.717) is 4.90 Å². The topological polar surface area (TPSA) is 62.5 Å². The number of halogens is 3. The van der Waals surface area contributed by atoms with Gasteiger partial charge in [0.15, 0.2) is 0 Å². The molecule has 1 fully saturated rings. The van der Waals surface area contributed by atoms with E-state index in [4.69, 9.17) is 5.11 Å². The van der Waals surface area contributed by atoms with E-state index in [1.165, 1.54) is 6.07 Å².